The highest BCUT2D eigenvalue weighted by Gasteiger charge is 2.01. The summed E-state index contributed by atoms with van der Waals surface area (Å²) in [7, 11) is 0. The van der Waals surface area contributed by atoms with Gasteiger partial charge in [0.1, 0.15) is 0 Å². The van der Waals surface area contributed by atoms with E-state index in [0.717, 1.165) is 38.3 Å². The number of nitrogens with zero attached hydrogens (tertiary/aromatic N) is 3. The topological polar surface area (TPSA) is 42.2 Å². The summed E-state index contributed by atoms with van der Waals surface area (Å²) in [6.45, 7) is 7.70. The first-order chi connectivity index (χ1) is 6.36. The van der Waals surface area contributed by atoms with Crippen molar-refractivity contribution in [2.75, 3.05) is 19.6 Å². The Hall–Kier alpha value is -0.900. The minimum Gasteiger partial charge on any atom is -0.343 e. The molecule has 4 heteroatoms. The minimum absolute atomic E-state index is 0.812. The average molecular weight is 183 g/mol. The number of hydrogen-bond acceptors (Lipinski definition) is 4. The third-order valence-corrected chi connectivity index (χ3v) is 2.18. The monoisotopic (exact) mass is 183 g/mol. The van der Waals surface area contributed by atoms with Crippen molar-refractivity contribution in [3.8, 4) is 0 Å². The van der Waals surface area contributed by atoms with Crippen molar-refractivity contribution in [3.63, 3.8) is 0 Å². The molecule has 1 heterocycles. The standard InChI is InChI=1S/C9H17N3O/c1-3-12(4-2)7-5-6-9-10-8-13-11-9/h8H,3-7H2,1-2H3. The molecular formula is C9H17N3O. The molecule has 0 aliphatic rings. The quantitative estimate of drug-likeness (QED) is 0.667. The second kappa shape index (κ2) is 5.70. The number of rotatable bonds is 6. The molecule has 1 aromatic heterocycles. The van der Waals surface area contributed by atoms with Gasteiger partial charge in [0.25, 0.3) is 0 Å². The van der Waals surface area contributed by atoms with Gasteiger partial charge in [-0.25, -0.2) is 0 Å². The molecule has 1 rings (SSSR count). The molecule has 0 aliphatic heterocycles. The van der Waals surface area contributed by atoms with E-state index in [1.165, 1.54) is 6.39 Å². The smallest absolute Gasteiger partial charge is 0.213 e. The van der Waals surface area contributed by atoms with E-state index in [9.17, 15) is 0 Å². The molecular weight excluding hydrogens is 166 g/mol. The fourth-order valence-corrected chi connectivity index (χ4v) is 1.30. The van der Waals surface area contributed by atoms with Crippen LogP contribution >= 0.6 is 0 Å². The van der Waals surface area contributed by atoms with Crippen LogP contribution in [0.15, 0.2) is 10.9 Å². The highest BCUT2D eigenvalue weighted by Crippen LogP contribution is 1.97. The van der Waals surface area contributed by atoms with Gasteiger partial charge in [0, 0.05) is 6.42 Å². The summed E-state index contributed by atoms with van der Waals surface area (Å²) in [5.41, 5.74) is 0. The molecule has 0 saturated heterocycles. The summed E-state index contributed by atoms with van der Waals surface area (Å²) >= 11 is 0. The summed E-state index contributed by atoms with van der Waals surface area (Å²) < 4.78 is 4.65. The van der Waals surface area contributed by atoms with Crippen LogP contribution in [0.5, 0.6) is 0 Å². The zero-order chi connectivity index (χ0) is 9.52. The molecule has 13 heavy (non-hydrogen) atoms. The Morgan fingerprint density at radius 1 is 1.38 bits per heavy atom. The molecule has 74 valence electrons. The molecule has 0 aromatic carbocycles. The molecule has 0 radical (unpaired) electrons. The summed E-state index contributed by atoms with van der Waals surface area (Å²) in [6, 6.07) is 0. The maximum Gasteiger partial charge on any atom is 0.213 e. The van der Waals surface area contributed by atoms with Gasteiger partial charge >= 0.3 is 0 Å². The highest BCUT2D eigenvalue weighted by molar-refractivity contribution is 4.77. The fraction of sp³-hybridized carbons (Fsp3) is 0.778. The van der Waals surface area contributed by atoms with Gasteiger partial charge in [0.15, 0.2) is 5.82 Å². The van der Waals surface area contributed by atoms with Crippen LogP contribution < -0.4 is 0 Å². The number of hydrogen-bond donors (Lipinski definition) is 0. The molecule has 4 nitrogen and oxygen atoms in total. The first kappa shape index (κ1) is 10.2. The van der Waals surface area contributed by atoms with Crippen molar-refractivity contribution in [1.82, 2.24) is 15.0 Å². The lowest BCUT2D eigenvalue weighted by Gasteiger charge is -2.16. The van der Waals surface area contributed by atoms with E-state index in [1.54, 1.807) is 0 Å². The van der Waals surface area contributed by atoms with Crippen LogP contribution in [0.2, 0.25) is 0 Å². The SMILES string of the molecule is CCN(CC)CCCc1ncon1. The van der Waals surface area contributed by atoms with E-state index < -0.39 is 0 Å². The number of aryl methyl sites for hydroxylation is 1. The molecule has 0 saturated carbocycles. The first-order valence-corrected chi connectivity index (χ1v) is 4.84. The third-order valence-electron chi connectivity index (χ3n) is 2.18. The van der Waals surface area contributed by atoms with Gasteiger partial charge < -0.3 is 9.42 Å². The van der Waals surface area contributed by atoms with Crippen molar-refractivity contribution in [3.05, 3.63) is 12.2 Å². The predicted molar refractivity (Wildman–Crippen MR) is 50.4 cm³/mol. The highest BCUT2D eigenvalue weighted by atomic mass is 16.5. The van der Waals surface area contributed by atoms with Gasteiger partial charge in [-0.15, -0.1) is 0 Å². The van der Waals surface area contributed by atoms with Crippen molar-refractivity contribution in [1.29, 1.82) is 0 Å². The second-order valence-electron chi connectivity index (χ2n) is 2.98. The lowest BCUT2D eigenvalue weighted by atomic mass is 10.3. The minimum atomic E-state index is 0.812. The molecule has 0 spiro atoms. The lowest BCUT2D eigenvalue weighted by Crippen LogP contribution is -2.24. The van der Waals surface area contributed by atoms with E-state index in [-0.39, 0.29) is 0 Å². The van der Waals surface area contributed by atoms with Crippen LogP contribution in [-0.4, -0.2) is 34.7 Å². The summed E-state index contributed by atoms with van der Waals surface area (Å²) in [5.74, 6) is 0.812. The van der Waals surface area contributed by atoms with E-state index in [1.807, 2.05) is 0 Å². The maximum absolute atomic E-state index is 4.65. The Bertz CT molecular complexity index is 207. The van der Waals surface area contributed by atoms with Gasteiger partial charge in [-0.3, -0.25) is 0 Å². The normalized spacial score (nSPS) is 11.0. The predicted octanol–water partition coefficient (Wildman–Crippen LogP) is 1.34. The first-order valence-electron chi connectivity index (χ1n) is 4.84. The molecule has 0 atom stereocenters. The Labute approximate surface area is 78.9 Å². The summed E-state index contributed by atoms with van der Waals surface area (Å²) in [5, 5.41) is 3.76. The largest absolute Gasteiger partial charge is 0.343 e. The molecule has 0 unspecified atom stereocenters. The van der Waals surface area contributed by atoms with Gasteiger partial charge in [0.2, 0.25) is 6.39 Å². The van der Waals surface area contributed by atoms with Gasteiger partial charge in [-0.2, -0.15) is 4.98 Å². The summed E-state index contributed by atoms with van der Waals surface area (Å²) in [4.78, 5) is 6.36. The lowest BCUT2D eigenvalue weighted by molar-refractivity contribution is 0.298. The zero-order valence-electron chi connectivity index (χ0n) is 8.36. The van der Waals surface area contributed by atoms with E-state index >= 15 is 0 Å². The van der Waals surface area contributed by atoms with Crippen molar-refractivity contribution in [2.24, 2.45) is 0 Å². The Kier molecular flexibility index (Phi) is 4.46. The van der Waals surface area contributed by atoms with Crippen LogP contribution in [0.4, 0.5) is 0 Å². The van der Waals surface area contributed by atoms with E-state index in [2.05, 4.69) is 33.4 Å². The Morgan fingerprint density at radius 2 is 2.15 bits per heavy atom. The summed E-state index contributed by atoms with van der Waals surface area (Å²) in [6.07, 6.45) is 3.39. The zero-order valence-corrected chi connectivity index (χ0v) is 8.36. The van der Waals surface area contributed by atoms with Crippen molar-refractivity contribution in [2.45, 2.75) is 26.7 Å². The van der Waals surface area contributed by atoms with Crippen molar-refractivity contribution >= 4 is 0 Å². The Balaban J connectivity index is 2.13. The van der Waals surface area contributed by atoms with Crippen LogP contribution in [0, 0.1) is 0 Å². The van der Waals surface area contributed by atoms with Crippen LogP contribution in [-0.2, 0) is 6.42 Å². The molecule has 1 aromatic rings. The third kappa shape index (κ3) is 3.55. The van der Waals surface area contributed by atoms with E-state index in [0.29, 0.717) is 0 Å². The van der Waals surface area contributed by atoms with Crippen LogP contribution in [0.3, 0.4) is 0 Å². The average Bonchev–Trinajstić information content (AvgIpc) is 2.65. The maximum atomic E-state index is 4.65. The molecule has 0 N–H and O–H groups in total. The van der Waals surface area contributed by atoms with Gasteiger partial charge in [0.05, 0.1) is 0 Å². The molecule has 0 amide bonds. The van der Waals surface area contributed by atoms with Crippen molar-refractivity contribution < 1.29 is 4.52 Å². The van der Waals surface area contributed by atoms with Crippen LogP contribution in [0.25, 0.3) is 0 Å². The van der Waals surface area contributed by atoms with Gasteiger partial charge in [-0.05, 0) is 26.1 Å². The molecule has 0 aliphatic carbocycles. The van der Waals surface area contributed by atoms with E-state index in [4.69, 9.17) is 0 Å². The molecule has 0 bridgehead atoms. The van der Waals surface area contributed by atoms with Crippen LogP contribution in [0.1, 0.15) is 26.1 Å². The second-order valence-corrected chi connectivity index (χ2v) is 2.98. The molecule has 0 fully saturated rings. The Morgan fingerprint density at radius 3 is 2.69 bits per heavy atom. The fourth-order valence-electron chi connectivity index (χ4n) is 1.30. The number of aromatic nitrogens is 2. The van der Waals surface area contributed by atoms with Gasteiger partial charge in [-0.1, -0.05) is 19.0 Å².